The van der Waals surface area contributed by atoms with Crippen molar-refractivity contribution in [3.05, 3.63) is 48.5 Å². The number of hydrogen-bond acceptors (Lipinski definition) is 12. The third-order valence-corrected chi connectivity index (χ3v) is 12.2. The van der Waals surface area contributed by atoms with Crippen LogP contribution in [-0.4, -0.2) is 139 Å². The fraction of sp³-hybridized carbons (Fsp3) is 0.586. The molecule has 0 aliphatic carbocycles. The number of thioether (sulfide) groups is 3. The lowest BCUT2D eigenvalue weighted by Crippen LogP contribution is -2.42. The maximum Gasteiger partial charge on any atom is 0.103 e. The van der Waals surface area contributed by atoms with E-state index in [2.05, 4.69) is 39.0 Å². The number of rotatable bonds is 0. The number of hydrogen-bond donors (Lipinski definition) is 6. The Bertz CT molecular complexity index is 1120. The SMILES string of the molecule is O[C@@H]1[C@H]2CSc3ccccc3N2C[C@@H]1O.O[C@H]1[C@@H](O)CN2CCSC[C@@H]12.O[C@H]1[C@@H](O)CN2c3ccccc3SC[C@@H]12. The molecule has 41 heavy (non-hydrogen) atoms. The zero-order chi connectivity index (χ0) is 28.7. The highest BCUT2D eigenvalue weighted by Crippen LogP contribution is 2.42. The first-order valence-corrected chi connectivity index (χ1v) is 17.3. The maximum absolute atomic E-state index is 9.81. The summed E-state index contributed by atoms with van der Waals surface area (Å²) in [6, 6.07) is 16.7. The Morgan fingerprint density at radius 1 is 0.561 bits per heavy atom. The summed E-state index contributed by atoms with van der Waals surface area (Å²) in [4.78, 5) is 8.93. The summed E-state index contributed by atoms with van der Waals surface area (Å²) in [5.74, 6) is 3.82. The fourth-order valence-corrected chi connectivity index (χ4v) is 10.1. The molecule has 0 radical (unpaired) electrons. The second-order valence-corrected chi connectivity index (χ2v) is 14.6. The highest BCUT2D eigenvalue weighted by Gasteiger charge is 2.44. The van der Waals surface area contributed by atoms with Gasteiger partial charge in [0, 0.05) is 65.0 Å². The minimum Gasteiger partial charge on any atom is -0.389 e. The summed E-state index contributed by atoms with van der Waals surface area (Å²) in [5.41, 5.74) is 2.30. The molecule has 2 aromatic rings. The van der Waals surface area contributed by atoms with Gasteiger partial charge in [-0.25, -0.2) is 0 Å². The molecule has 8 rings (SSSR count). The van der Waals surface area contributed by atoms with Crippen LogP contribution < -0.4 is 9.80 Å². The van der Waals surface area contributed by atoms with Crippen LogP contribution in [0, 0.1) is 0 Å². The van der Waals surface area contributed by atoms with Crippen molar-refractivity contribution < 1.29 is 30.6 Å². The summed E-state index contributed by atoms with van der Waals surface area (Å²) < 4.78 is 0. The third kappa shape index (κ3) is 5.98. The largest absolute Gasteiger partial charge is 0.389 e. The van der Waals surface area contributed by atoms with Gasteiger partial charge >= 0.3 is 0 Å². The van der Waals surface area contributed by atoms with E-state index >= 15 is 0 Å². The van der Waals surface area contributed by atoms with Gasteiger partial charge in [-0.15, -0.1) is 23.5 Å². The second-order valence-electron chi connectivity index (χ2n) is 11.3. The van der Waals surface area contributed by atoms with Crippen molar-refractivity contribution in [1.29, 1.82) is 0 Å². The van der Waals surface area contributed by atoms with Crippen molar-refractivity contribution in [2.45, 2.75) is 64.5 Å². The summed E-state index contributed by atoms with van der Waals surface area (Å²) in [6.45, 7) is 2.77. The number of para-hydroxylation sites is 2. The van der Waals surface area contributed by atoms with E-state index in [1.165, 1.54) is 9.79 Å². The van der Waals surface area contributed by atoms with Crippen molar-refractivity contribution >= 4 is 46.7 Å². The molecule has 6 aliphatic rings. The summed E-state index contributed by atoms with van der Waals surface area (Å²) in [5, 5.41) is 57.7. The van der Waals surface area contributed by atoms with Crippen LogP contribution in [0.15, 0.2) is 58.3 Å². The van der Waals surface area contributed by atoms with Gasteiger partial charge in [0.2, 0.25) is 0 Å². The van der Waals surface area contributed by atoms with Gasteiger partial charge in [-0.2, -0.15) is 11.8 Å². The van der Waals surface area contributed by atoms with Gasteiger partial charge in [0.05, 0.1) is 47.9 Å². The molecule has 9 nitrogen and oxygen atoms in total. The lowest BCUT2D eigenvalue weighted by molar-refractivity contribution is 0.0422. The van der Waals surface area contributed by atoms with Crippen molar-refractivity contribution in [2.24, 2.45) is 0 Å². The average molecular weight is 622 g/mol. The predicted octanol–water partition coefficient (Wildman–Crippen LogP) is 0.545. The van der Waals surface area contributed by atoms with Gasteiger partial charge in [0.1, 0.15) is 12.2 Å². The monoisotopic (exact) mass is 621 g/mol. The molecule has 2 aromatic carbocycles. The summed E-state index contributed by atoms with van der Waals surface area (Å²) in [6.07, 6.45) is -3.46. The van der Waals surface area contributed by atoms with Gasteiger partial charge in [-0.3, -0.25) is 4.90 Å². The number of aliphatic hydroxyl groups is 6. The number of anilines is 2. The molecule has 9 atom stereocenters. The number of aliphatic hydroxyl groups excluding tert-OH is 6. The molecule has 0 saturated carbocycles. The van der Waals surface area contributed by atoms with E-state index in [-0.39, 0.29) is 18.1 Å². The molecule has 6 heterocycles. The first-order chi connectivity index (χ1) is 19.8. The second kappa shape index (κ2) is 12.8. The zero-order valence-electron chi connectivity index (χ0n) is 22.7. The van der Waals surface area contributed by atoms with Crippen LogP contribution in [0.4, 0.5) is 11.4 Å². The van der Waals surface area contributed by atoms with Crippen LogP contribution in [0.25, 0.3) is 0 Å². The fourth-order valence-electron chi connectivity index (χ4n) is 6.49. The van der Waals surface area contributed by atoms with Crippen molar-refractivity contribution in [3.8, 4) is 0 Å². The van der Waals surface area contributed by atoms with Crippen LogP contribution in [0.1, 0.15) is 0 Å². The lowest BCUT2D eigenvalue weighted by Gasteiger charge is -2.33. The van der Waals surface area contributed by atoms with Gasteiger partial charge in [-0.05, 0) is 24.3 Å². The Balaban J connectivity index is 0.000000112. The molecule has 0 amide bonds. The minimum absolute atomic E-state index is 0.0694. The van der Waals surface area contributed by atoms with Crippen molar-refractivity contribution in [3.63, 3.8) is 0 Å². The molecule has 4 fully saturated rings. The van der Waals surface area contributed by atoms with Gasteiger partial charge in [0.25, 0.3) is 0 Å². The van der Waals surface area contributed by atoms with Crippen molar-refractivity contribution in [2.75, 3.05) is 59.0 Å². The molecule has 6 aliphatic heterocycles. The Morgan fingerprint density at radius 2 is 1.02 bits per heavy atom. The molecule has 224 valence electrons. The normalized spacial score (nSPS) is 37.0. The first kappa shape index (κ1) is 29.9. The molecular weight excluding hydrogens is 583 g/mol. The highest BCUT2D eigenvalue weighted by molar-refractivity contribution is 8.00. The zero-order valence-corrected chi connectivity index (χ0v) is 25.2. The molecule has 4 saturated heterocycles. The number of benzene rings is 2. The molecule has 0 spiro atoms. The standard InChI is InChI=1S/2C11H13NO2S.C7H13NO2S/c2*13-9-5-12-7-3-1-2-4-10(7)15-6-8(12)11(9)14;9-6-3-8-1-2-11-4-5(8)7(6)10/h2*1-4,8-9,11,13-14H,5-6H2;5-7,9-10H,1-4H2/t8-,9+,11-;8-,9-,11+;5-,6-,7+/m100/s1. The summed E-state index contributed by atoms with van der Waals surface area (Å²) >= 11 is 5.38. The van der Waals surface area contributed by atoms with E-state index in [1.54, 1.807) is 23.5 Å². The molecular formula is C29H39N3O6S3. The molecule has 0 bridgehead atoms. The topological polar surface area (TPSA) is 131 Å². The lowest BCUT2D eigenvalue weighted by atomic mass is 10.1. The first-order valence-electron chi connectivity index (χ1n) is 14.2. The smallest absolute Gasteiger partial charge is 0.103 e. The van der Waals surface area contributed by atoms with E-state index in [4.69, 9.17) is 0 Å². The van der Waals surface area contributed by atoms with E-state index in [9.17, 15) is 30.6 Å². The summed E-state index contributed by atoms with van der Waals surface area (Å²) in [7, 11) is 0. The van der Waals surface area contributed by atoms with Crippen LogP contribution in [0.3, 0.4) is 0 Å². The number of fused-ring (bicyclic) bond motifs is 7. The van der Waals surface area contributed by atoms with Crippen LogP contribution in [0.2, 0.25) is 0 Å². The Kier molecular flexibility index (Phi) is 9.33. The van der Waals surface area contributed by atoms with Gasteiger partial charge < -0.3 is 40.4 Å². The van der Waals surface area contributed by atoms with Crippen LogP contribution >= 0.6 is 35.3 Å². The Hall–Kier alpha value is -1.19. The van der Waals surface area contributed by atoms with Crippen LogP contribution in [0.5, 0.6) is 0 Å². The molecule has 12 heteroatoms. The van der Waals surface area contributed by atoms with E-state index in [1.807, 2.05) is 36.0 Å². The van der Waals surface area contributed by atoms with Crippen molar-refractivity contribution in [1.82, 2.24) is 4.90 Å². The van der Waals surface area contributed by atoms with Gasteiger partial charge in [-0.1, -0.05) is 24.3 Å². The van der Waals surface area contributed by atoms with E-state index in [0.29, 0.717) is 19.6 Å². The highest BCUT2D eigenvalue weighted by atomic mass is 32.2. The number of nitrogens with zero attached hydrogens (tertiary/aromatic N) is 3. The van der Waals surface area contributed by atoms with Crippen LogP contribution in [-0.2, 0) is 0 Å². The van der Waals surface area contributed by atoms with Gasteiger partial charge in [0.15, 0.2) is 0 Å². The Labute approximate surface area is 253 Å². The average Bonchev–Trinajstić information content (AvgIpc) is 3.58. The van der Waals surface area contributed by atoms with E-state index in [0.717, 1.165) is 40.9 Å². The molecule has 0 unspecified atom stereocenters. The minimum atomic E-state index is -0.609. The predicted molar refractivity (Wildman–Crippen MR) is 165 cm³/mol. The Morgan fingerprint density at radius 3 is 1.54 bits per heavy atom. The molecule has 0 aromatic heterocycles. The quantitative estimate of drug-likeness (QED) is 0.246. The maximum atomic E-state index is 9.81. The van der Waals surface area contributed by atoms with E-state index < -0.39 is 36.6 Å². The molecule has 6 N–H and O–H groups in total. The third-order valence-electron chi connectivity index (χ3n) is 8.80.